The van der Waals surface area contributed by atoms with Gasteiger partial charge in [0.15, 0.2) is 0 Å². The van der Waals surface area contributed by atoms with Gasteiger partial charge in [0.25, 0.3) is 0 Å². The van der Waals surface area contributed by atoms with Crippen molar-refractivity contribution >= 4 is 53.1 Å². The molecule has 0 saturated carbocycles. The average molecular weight is 551 g/mol. The third-order valence-corrected chi connectivity index (χ3v) is 8.03. The topological polar surface area (TPSA) is 24.1 Å². The molecule has 3 aromatic carbocycles. The van der Waals surface area contributed by atoms with E-state index in [2.05, 4.69) is 137 Å². The van der Waals surface area contributed by atoms with Gasteiger partial charge in [-0.2, -0.15) is 0 Å². The Bertz CT molecular complexity index is 717. The number of halogens is 2. The molecule has 0 aliphatic carbocycles. The molecule has 0 fully saturated rings. The monoisotopic (exact) mass is 548 g/mol. The zero-order valence-corrected chi connectivity index (χ0v) is 20.3. The fourth-order valence-electron chi connectivity index (χ4n) is 2.81. The van der Waals surface area contributed by atoms with E-state index in [1.54, 1.807) is 0 Å². The summed E-state index contributed by atoms with van der Waals surface area (Å²) in [5.74, 6) is 0. The molecule has 2 nitrogen and oxygen atoms in total. The standard InChI is InChI=1S/C21H24N2Si.2BrH.Ni/c1-24(21-15-9-4-10-16-21,17-22-19-11-5-2-6-12-19)18-23-20-13-7-3-8-14-20;;;/h2-16,22-23H,17-18H2,1H3;2*1H;/q;;;+4/p-2. The molecular formula is C21H24Br2N2NiSi+2. The van der Waals surface area contributed by atoms with Crippen molar-refractivity contribution in [2.24, 2.45) is 0 Å². The number of anilines is 2. The molecule has 0 amide bonds. The van der Waals surface area contributed by atoms with Gasteiger partial charge in [-0.1, -0.05) is 78.5 Å². The van der Waals surface area contributed by atoms with E-state index in [0.717, 1.165) is 12.3 Å². The molecule has 0 radical (unpaired) electrons. The van der Waals surface area contributed by atoms with Gasteiger partial charge in [0.2, 0.25) is 0 Å². The van der Waals surface area contributed by atoms with Gasteiger partial charge in [-0.15, -0.1) is 0 Å². The number of para-hydroxylation sites is 2. The van der Waals surface area contributed by atoms with E-state index in [-0.39, 0.29) is 0 Å². The Morgan fingerprint density at radius 3 is 1.37 bits per heavy atom. The van der Waals surface area contributed by atoms with E-state index < -0.39 is 8.07 Å². The van der Waals surface area contributed by atoms with E-state index in [0.29, 0.717) is 0 Å². The third-order valence-electron chi connectivity index (χ3n) is 4.38. The molecule has 3 rings (SSSR count). The van der Waals surface area contributed by atoms with Gasteiger partial charge in [-0.25, -0.2) is 0 Å². The fourth-order valence-corrected chi connectivity index (χ4v) is 5.53. The average Bonchev–Trinajstić information content (AvgIpc) is 2.74. The first-order valence-corrected chi connectivity index (χ1v) is 16.4. The van der Waals surface area contributed by atoms with Crippen molar-refractivity contribution in [3.8, 4) is 0 Å². The second-order valence-electron chi connectivity index (χ2n) is 6.41. The van der Waals surface area contributed by atoms with Crippen molar-refractivity contribution in [3.05, 3.63) is 91.0 Å². The first-order valence-electron chi connectivity index (χ1n) is 8.64. The van der Waals surface area contributed by atoms with Gasteiger partial charge in [-0.3, -0.25) is 0 Å². The summed E-state index contributed by atoms with van der Waals surface area (Å²) < 4.78 is 0. The van der Waals surface area contributed by atoms with Crippen molar-refractivity contribution in [1.82, 2.24) is 0 Å². The quantitative estimate of drug-likeness (QED) is 0.355. The first kappa shape index (κ1) is 22.2. The normalized spacial score (nSPS) is 10.6. The van der Waals surface area contributed by atoms with Crippen LogP contribution < -0.4 is 15.8 Å². The van der Waals surface area contributed by atoms with Crippen LogP contribution in [0, 0.1) is 0 Å². The van der Waals surface area contributed by atoms with E-state index >= 15 is 0 Å². The summed E-state index contributed by atoms with van der Waals surface area (Å²) in [6.07, 6.45) is 2.00. The van der Waals surface area contributed by atoms with Crippen molar-refractivity contribution in [2.75, 3.05) is 23.0 Å². The van der Waals surface area contributed by atoms with Crippen LogP contribution in [0.4, 0.5) is 11.4 Å². The minimum atomic E-state index is -1.71. The predicted octanol–water partition coefficient (Wildman–Crippen LogP) is 5.96. The molecule has 0 atom stereocenters. The van der Waals surface area contributed by atoms with Crippen molar-refractivity contribution in [2.45, 2.75) is 6.55 Å². The van der Waals surface area contributed by atoms with Gasteiger partial charge in [0, 0.05) is 23.7 Å². The van der Waals surface area contributed by atoms with Crippen LogP contribution in [0.3, 0.4) is 0 Å². The van der Waals surface area contributed by atoms with E-state index in [4.69, 9.17) is 0 Å². The molecular weight excluding hydrogens is 527 g/mol. The number of hydrogen-bond acceptors (Lipinski definition) is 2. The molecule has 0 aliphatic heterocycles. The molecule has 0 unspecified atom stereocenters. The van der Waals surface area contributed by atoms with Crippen LogP contribution in [0.5, 0.6) is 0 Å². The minimum absolute atomic E-state index is 1.00. The molecule has 0 spiro atoms. The van der Waals surface area contributed by atoms with E-state index in [1.165, 1.54) is 27.5 Å². The van der Waals surface area contributed by atoms with Crippen molar-refractivity contribution < 1.29 is 10.9 Å². The molecule has 2 N–H and O–H groups in total. The number of rotatable bonds is 7. The molecule has 0 aliphatic rings. The molecule has 0 bridgehead atoms. The molecule has 0 heterocycles. The Morgan fingerprint density at radius 2 is 1.00 bits per heavy atom. The first-order chi connectivity index (χ1) is 13.2. The van der Waals surface area contributed by atoms with Gasteiger partial charge in [-0.05, 0) is 24.3 Å². The van der Waals surface area contributed by atoms with Gasteiger partial charge in [0.1, 0.15) is 8.07 Å². The van der Waals surface area contributed by atoms with Gasteiger partial charge < -0.3 is 10.6 Å². The van der Waals surface area contributed by atoms with E-state index in [1.807, 2.05) is 0 Å². The Morgan fingerprint density at radius 1 is 0.667 bits per heavy atom. The maximum atomic E-state index is 3.64. The molecule has 27 heavy (non-hydrogen) atoms. The summed E-state index contributed by atoms with van der Waals surface area (Å²) in [5.41, 5.74) is 2.37. The second kappa shape index (κ2) is 12.4. The van der Waals surface area contributed by atoms with Gasteiger partial charge >= 0.3 is 39.3 Å². The predicted molar refractivity (Wildman–Crippen MR) is 125 cm³/mol. The third kappa shape index (κ3) is 7.82. The van der Waals surface area contributed by atoms with Crippen LogP contribution in [0.1, 0.15) is 0 Å². The summed E-state index contributed by atoms with van der Waals surface area (Å²) in [4.78, 5) is 0. The zero-order chi connectivity index (χ0) is 19.4. The number of nitrogens with one attached hydrogen (secondary N) is 2. The van der Waals surface area contributed by atoms with E-state index in [9.17, 15) is 0 Å². The van der Waals surface area contributed by atoms with Crippen LogP contribution in [0.25, 0.3) is 0 Å². The Balaban J connectivity index is 0.000000817. The SMILES string of the molecule is C[Si](CNc1ccccc1)(CNc1ccccc1)c1ccccc1.[Br][Ni+2][Br]. The van der Waals surface area contributed by atoms with Crippen LogP contribution in [-0.2, 0) is 10.9 Å². The summed E-state index contributed by atoms with van der Waals surface area (Å²) >= 11 is 6.00. The number of benzene rings is 3. The zero-order valence-electron chi connectivity index (χ0n) is 15.1. The van der Waals surface area contributed by atoms with Crippen molar-refractivity contribution in [1.29, 1.82) is 0 Å². The van der Waals surface area contributed by atoms with Crippen LogP contribution in [0.2, 0.25) is 6.55 Å². The van der Waals surface area contributed by atoms with Crippen LogP contribution >= 0.6 is 28.5 Å². The second-order valence-corrected chi connectivity index (χ2v) is 15.8. The van der Waals surface area contributed by atoms with Crippen molar-refractivity contribution in [3.63, 3.8) is 0 Å². The van der Waals surface area contributed by atoms with Crippen LogP contribution in [0.15, 0.2) is 91.0 Å². The number of hydrogen-bond donors (Lipinski definition) is 2. The summed E-state index contributed by atoms with van der Waals surface area (Å²) in [5, 5.41) is 8.75. The summed E-state index contributed by atoms with van der Waals surface area (Å²) in [6, 6.07) is 31.8. The Hall–Kier alpha value is -1.07. The Kier molecular flexibility index (Phi) is 10.2. The Labute approximate surface area is 183 Å². The summed E-state index contributed by atoms with van der Waals surface area (Å²) in [6.45, 7) is 2.44. The molecule has 0 aromatic heterocycles. The molecule has 0 saturated heterocycles. The molecule has 6 heteroatoms. The fraction of sp³-hybridized carbons (Fsp3) is 0.143. The summed E-state index contributed by atoms with van der Waals surface area (Å²) in [7, 11) is -0.463. The maximum absolute atomic E-state index is 3.64. The molecule has 3 aromatic rings. The molecule has 144 valence electrons. The van der Waals surface area contributed by atoms with Crippen LogP contribution in [-0.4, -0.2) is 20.4 Å². The van der Waals surface area contributed by atoms with Gasteiger partial charge in [0.05, 0.1) is 0 Å².